The number of nitrogens with one attached hydrogen (secondary N) is 1. The molecule has 7 heteroatoms. The SMILES string of the molecule is CSCC[C@H](N)C(=O)NCC(C)C(=O)OC(C)C.Cl. The Balaban J connectivity index is 0. The van der Waals surface area contributed by atoms with Gasteiger partial charge in [0, 0.05) is 6.54 Å². The molecule has 0 radical (unpaired) electrons. The van der Waals surface area contributed by atoms with Gasteiger partial charge in [0.25, 0.3) is 0 Å². The first-order valence-electron chi connectivity index (χ1n) is 6.11. The van der Waals surface area contributed by atoms with E-state index >= 15 is 0 Å². The molecular formula is C12H25ClN2O3S. The van der Waals surface area contributed by atoms with Crippen molar-refractivity contribution in [2.45, 2.75) is 39.3 Å². The van der Waals surface area contributed by atoms with E-state index in [0.717, 1.165) is 5.75 Å². The van der Waals surface area contributed by atoms with Crippen LogP contribution in [0.1, 0.15) is 27.2 Å². The number of nitrogens with two attached hydrogens (primary N) is 1. The third-order valence-corrected chi connectivity index (χ3v) is 2.95. The van der Waals surface area contributed by atoms with Crippen LogP contribution in [-0.4, -0.2) is 42.6 Å². The summed E-state index contributed by atoms with van der Waals surface area (Å²) in [6.07, 6.45) is 2.46. The van der Waals surface area contributed by atoms with Crippen LogP contribution in [0.5, 0.6) is 0 Å². The quantitative estimate of drug-likeness (QED) is 0.658. The highest BCUT2D eigenvalue weighted by Gasteiger charge is 2.18. The van der Waals surface area contributed by atoms with E-state index in [-0.39, 0.29) is 42.9 Å². The minimum atomic E-state index is -0.509. The first-order chi connectivity index (χ1) is 8.38. The lowest BCUT2D eigenvalue weighted by atomic mass is 10.1. The number of ether oxygens (including phenoxy) is 1. The second-order valence-electron chi connectivity index (χ2n) is 4.52. The highest BCUT2D eigenvalue weighted by Crippen LogP contribution is 2.02. The van der Waals surface area contributed by atoms with Gasteiger partial charge in [-0.25, -0.2) is 0 Å². The molecule has 1 amide bonds. The maximum absolute atomic E-state index is 11.6. The van der Waals surface area contributed by atoms with Gasteiger partial charge in [-0.15, -0.1) is 12.4 Å². The van der Waals surface area contributed by atoms with Crippen molar-refractivity contribution in [2.75, 3.05) is 18.6 Å². The Morgan fingerprint density at radius 3 is 2.37 bits per heavy atom. The van der Waals surface area contributed by atoms with E-state index in [9.17, 15) is 9.59 Å². The van der Waals surface area contributed by atoms with Crippen molar-refractivity contribution in [2.24, 2.45) is 11.7 Å². The van der Waals surface area contributed by atoms with Crippen LogP contribution in [0.15, 0.2) is 0 Å². The van der Waals surface area contributed by atoms with E-state index in [2.05, 4.69) is 5.32 Å². The first-order valence-corrected chi connectivity index (χ1v) is 7.50. The fourth-order valence-electron chi connectivity index (χ4n) is 1.19. The lowest BCUT2D eigenvalue weighted by molar-refractivity contribution is -0.151. The van der Waals surface area contributed by atoms with E-state index in [4.69, 9.17) is 10.5 Å². The van der Waals surface area contributed by atoms with Crippen molar-refractivity contribution >= 4 is 36.0 Å². The molecule has 0 aliphatic rings. The standard InChI is InChI=1S/C12H24N2O3S.ClH/c1-8(2)17-12(16)9(3)7-14-11(15)10(13)5-6-18-4;/h8-10H,5-7,13H2,1-4H3,(H,14,15);1H/t9?,10-;/m0./s1. The molecule has 0 spiro atoms. The monoisotopic (exact) mass is 312 g/mol. The van der Waals surface area contributed by atoms with Crippen molar-refractivity contribution < 1.29 is 14.3 Å². The fourth-order valence-corrected chi connectivity index (χ4v) is 1.68. The van der Waals surface area contributed by atoms with E-state index in [1.165, 1.54) is 0 Å². The van der Waals surface area contributed by atoms with Crippen LogP contribution in [0.25, 0.3) is 0 Å². The Hall–Kier alpha value is -0.460. The number of thioether (sulfide) groups is 1. The average Bonchev–Trinajstić information content (AvgIpc) is 2.31. The number of carbonyl (C=O) groups is 2. The molecule has 0 aromatic heterocycles. The number of esters is 1. The van der Waals surface area contributed by atoms with Gasteiger partial charge in [-0.2, -0.15) is 11.8 Å². The molecule has 0 fully saturated rings. The molecular weight excluding hydrogens is 288 g/mol. The molecule has 114 valence electrons. The molecule has 0 aliphatic carbocycles. The smallest absolute Gasteiger partial charge is 0.310 e. The Kier molecular flexibility index (Phi) is 12.5. The van der Waals surface area contributed by atoms with Gasteiger partial charge in [0.2, 0.25) is 5.91 Å². The molecule has 0 aliphatic heterocycles. The number of amides is 1. The lowest BCUT2D eigenvalue weighted by Crippen LogP contribution is -2.43. The van der Waals surface area contributed by atoms with Gasteiger partial charge < -0.3 is 15.8 Å². The molecule has 0 rings (SSSR count). The number of hydrogen-bond acceptors (Lipinski definition) is 5. The summed E-state index contributed by atoms with van der Waals surface area (Å²) in [7, 11) is 0. The number of carbonyl (C=O) groups excluding carboxylic acids is 2. The van der Waals surface area contributed by atoms with Crippen LogP contribution in [0.2, 0.25) is 0 Å². The summed E-state index contributed by atoms with van der Waals surface area (Å²) >= 11 is 1.65. The van der Waals surface area contributed by atoms with Gasteiger partial charge in [0.1, 0.15) is 0 Å². The molecule has 3 N–H and O–H groups in total. The third kappa shape index (κ3) is 10.0. The third-order valence-electron chi connectivity index (χ3n) is 2.31. The van der Waals surface area contributed by atoms with Crippen LogP contribution in [0.4, 0.5) is 0 Å². The van der Waals surface area contributed by atoms with Gasteiger partial charge in [0.05, 0.1) is 18.1 Å². The van der Waals surface area contributed by atoms with E-state index in [1.54, 1.807) is 32.5 Å². The fraction of sp³-hybridized carbons (Fsp3) is 0.833. The van der Waals surface area contributed by atoms with Crippen LogP contribution in [0.3, 0.4) is 0 Å². The van der Waals surface area contributed by atoms with Crippen molar-refractivity contribution in [1.29, 1.82) is 0 Å². The summed E-state index contributed by atoms with van der Waals surface area (Å²) in [6, 6.07) is -0.509. The maximum Gasteiger partial charge on any atom is 0.310 e. The normalized spacial score (nSPS) is 13.4. The Morgan fingerprint density at radius 2 is 1.89 bits per heavy atom. The zero-order valence-corrected chi connectivity index (χ0v) is 13.6. The minimum absolute atomic E-state index is 0. The predicted octanol–water partition coefficient (Wildman–Crippen LogP) is 1.19. The lowest BCUT2D eigenvalue weighted by Gasteiger charge is -2.16. The summed E-state index contributed by atoms with van der Waals surface area (Å²) in [5.41, 5.74) is 5.70. The molecule has 0 saturated carbocycles. The molecule has 1 unspecified atom stereocenters. The first kappa shape index (κ1) is 20.8. The van der Waals surface area contributed by atoms with Crippen molar-refractivity contribution in [3.63, 3.8) is 0 Å². The second kappa shape index (κ2) is 11.4. The highest BCUT2D eigenvalue weighted by atomic mass is 35.5. The van der Waals surface area contributed by atoms with Crippen LogP contribution in [0, 0.1) is 5.92 Å². The molecule has 0 bridgehead atoms. The maximum atomic E-state index is 11.6. The zero-order valence-electron chi connectivity index (χ0n) is 12.0. The van der Waals surface area contributed by atoms with Crippen molar-refractivity contribution in [3.8, 4) is 0 Å². The topological polar surface area (TPSA) is 81.4 Å². The number of hydrogen-bond donors (Lipinski definition) is 2. The Labute approximate surface area is 125 Å². The zero-order chi connectivity index (χ0) is 14.1. The van der Waals surface area contributed by atoms with Crippen LogP contribution in [-0.2, 0) is 14.3 Å². The Bertz CT molecular complexity index is 278. The Morgan fingerprint density at radius 1 is 1.32 bits per heavy atom. The van der Waals surface area contributed by atoms with Crippen molar-refractivity contribution in [1.82, 2.24) is 5.32 Å². The van der Waals surface area contributed by atoms with Crippen LogP contribution < -0.4 is 11.1 Å². The van der Waals surface area contributed by atoms with Gasteiger partial charge in [0.15, 0.2) is 0 Å². The summed E-state index contributed by atoms with van der Waals surface area (Å²) in [5.74, 6) is -0.0279. The van der Waals surface area contributed by atoms with Gasteiger partial charge in [-0.05, 0) is 32.3 Å². The predicted molar refractivity (Wildman–Crippen MR) is 81.6 cm³/mol. The average molecular weight is 313 g/mol. The molecule has 5 nitrogen and oxygen atoms in total. The number of rotatable bonds is 8. The summed E-state index contributed by atoms with van der Waals surface area (Å²) in [4.78, 5) is 23.1. The van der Waals surface area contributed by atoms with E-state index < -0.39 is 6.04 Å². The number of halogens is 1. The molecule has 0 saturated heterocycles. The summed E-state index contributed by atoms with van der Waals surface area (Å²) in [5, 5.41) is 2.67. The van der Waals surface area contributed by atoms with Gasteiger partial charge >= 0.3 is 5.97 Å². The second-order valence-corrected chi connectivity index (χ2v) is 5.51. The molecule has 0 heterocycles. The summed E-state index contributed by atoms with van der Waals surface area (Å²) < 4.78 is 5.04. The molecule has 0 aromatic carbocycles. The largest absolute Gasteiger partial charge is 0.463 e. The molecule has 0 aromatic rings. The molecule has 19 heavy (non-hydrogen) atoms. The van der Waals surface area contributed by atoms with Crippen LogP contribution >= 0.6 is 24.2 Å². The van der Waals surface area contributed by atoms with Gasteiger partial charge in [-0.1, -0.05) is 6.92 Å². The minimum Gasteiger partial charge on any atom is -0.463 e. The van der Waals surface area contributed by atoms with Crippen molar-refractivity contribution in [3.05, 3.63) is 0 Å². The molecule has 2 atom stereocenters. The van der Waals surface area contributed by atoms with Gasteiger partial charge in [-0.3, -0.25) is 9.59 Å². The van der Waals surface area contributed by atoms with E-state index in [1.807, 2.05) is 6.26 Å². The van der Waals surface area contributed by atoms with E-state index in [0.29, 0.717) is 6.42 Å². The summed E-state index contributed by atoms with van der Waals surface area (Å²) in [6.45, 7) is 5.57. The highest BCUT2D eigenvalue weighted by molar-refractivity contribution is 7.98.